The van der Waals surface area contributed by atoms with Crippen LogP contribution in [0.25, 0.3) is 0 Å². The van der Waals surface area contributed by atoms with E-state index in [1.807, 2.05) is 6.07 Å². The Labute approximate surface area is 158 Å². The number of para-hydroxylation sites is 1. The van der Waals surface area contributed by atoms with Gasteiger partial charge in [0.05, 0.1) is 54.3 Å². The molecule has 142 valence electrons. The molecule has 1 aromatic rings. The van der Waals surface area contributed by atoms with Crippen molar-refractivity contribution in [3.63, 3.8) is 0 Å². The molecule has 2 aliphatic rings. The van der Waals surface area contributed by atoms with Crippen LogP contribution in [0.15, 0.2) is 24.3 Å². The standard InChI is InChI=1S/C17H22ClN3O4S/c18-14-3-1-2-4-15(14)19-16(22)11-20-6-8-21(9-7-20)17(23)13-5-10-26(24,25)12-13/h1-4,13H,5-12H2,(H,19,22)/p+1/t13-/m0/s1. The number of hydrogen-bond donors (Lipinski definition) is 2. The smallest absolute Gasteiger partial charge is 0.279 e. The number of sulfone groups is 1. The van der Waals surface area contributed by atoms with E-state index >= 15 is 0 Å². The molecule has 0 radical (unpaired) electrons. The van der Waals surface area contributed by atoms with Gasteiger partial charge in [0, 0.05) is 0 Å². The molecule has 9 heteroatoms. The average Bonchev–Trinajstić information content (AvgIpc) is 2.97. The van der Waals surface area contributed by atoms with E-state index in [0.29, 0.717) is 49.9 Å². The highest BCUT2D eigenvalue weighted by atomic mass is 35.5. The first-order valence-corrected chi connectivity index (χ1v) is 10.9. The predicted molar refractivity (Wildman–Crippen MR) is 99.0 cm³/mol. The molecule has 0 spiro atoms. The topological polar surface area (TPSA) is 88.0 Å². The molecule has 2 N–H and O–H groups in total. The Morgan fingerprint density at radius 3 is 2.54 bits per heavy atom. The van der Waals surface area contributed by atoms with Gasteiger partial charge in [-0.2, -0.15) is 0 Å². The van der Waals surface area contributed by atoms with E-state index in [1.54, 1.807) is 23.1 Å². The maximum absolute atomic E-state index is 12.5. The van der Waals surface area contributed by atoms with Crippen LogP contribution in [-0.4, -0.2) is 69.4 Å². The number of hydrogen-bond acceptors (Lipinski definition) is 4. The Bertz CT molecular complexity index is 791. The number of carbonyl (C=O) groups excluding carboxylic acids is 2. The molecule has 2 fully saturated rings. The first-order valence-electron chi connectivity index (χ1n) is 8.71. The summed E-state index contributed by atoms with van der Waals surface area (Å²) in [6.45, 7) is 2.74. The SMILES string of the molecule is O=C(C[NH+]1CCN(C(=O)[C@H]2CCS(=O)(=O)C2)CC1)Nc1ccccc1Cl. The monoisotopic (exact) mass is 400 g/mol. The highest BCUT2D eigenvalue weighted by molar-refractivity contribution is 7.91. The maximum Gasteiger partial charge on any atom is 0.279 e. The molecule has 1 aromatic carbocycles. The van der Waals surface area contributed by atoms with Gasteiger partial charge in [-0.25, -0.2) is 8.42 Å². The van der Waals surface area contributed by atoms with E-state index < -0.39 is 15.8 Å². The maximum atomic E-state index is 12.5. The first kappa shape index (κ1) is 19.1. The van der Waals surface area contributed by atoms with E-state index in [9.17, 15) is 18.0 Å². The van der Waals surface area contributed by atoms with Crippen LogP contribution < -0.4 is 10.2 Å². The van der Waals surface area contributed by atoms with Crippen molar-refractivity contribution in [1.82, 2.24) is 4.90 Å². The van der Waals surface area contributed by atoms with Crippen LogP contribution in [0.2, 0.25) is 5.02 Å². The van der Waals surface area contributed by atoms with E-state index in [2.05, 4.69) is 5.32 Å². The Morgan fingerprint density at radius 2 is 1.92 bits per heavy atom. The number of halogens is 1. The van der Waals surface area contributed by atoms with Gasteiger partial charge in [-0.15, -0.1) is 0 Å². The van der Waals surface area contributed by atoms with Crippen molar-refractivity contribution in [2.75, 3.05) is 49.5 Å². The molecule has 2 aliphatic heterocycles. The fourth-order valence-corrected chi connectivity index (χ4v) is 5.37. The van der Waals surface area contributed by atoms with Crippen molar-refractivity contribution >= 4 is 38.9 Å². The lowest BCUT2D eigenvalue weighted by Gasteiger charge is -2.33. The lowest BCUT2D eigenvalue weighted by molar-refractivity contribution is -0.895. The lowest BCUT2D eigenvalue weighted by atomic mass is 10.1. The number of piperazine rings is 1. The minimum absolute atomic E-state index is 0.0286. The summed E-state index contributed by atoms with van der Waals surface area (Å²) in [5.41, 5.74) is 0.592. The van der Waals surface area contributed by atoms with Crippen molar-refractivity contribution in [3.05, 3.63) is 29.3 Å². The van der Waals surface area contributed by atoms with Gasteiger partial charge in [0.1, 0.15) is 0 Å². The van der Waals surface area contributed by atoms with Gasteiger partial charge in [-0.1, -0.05) is 23.7 Å². The van der Waals surface area contributed by atoms with Gasteiger partial charge >= 0.3 is 0 Å². The Kier molecular flexibility index (Phi) is 5.84. The third-order valence-corrected chi connectivity index (χ3v) is 7.02. The van der Waals surface area contributed by atoms with Crippen LogP contribution in [0.1, 0.15) is 6.42 Å². The highest BCUT2D eigenvalue weighted by Crippen LogP contribution is 2.21. The van der Waals surface area contributed by atoms with Crippen molar-refractivity contribution in [1.29, 1.82) is 0 Å². The van der Waals surface area contributed by atoms with Gasteiger partial charge in [0.15, 0.2) is 16.4 Å². The van der Waals surface area contributed by atoms with Crippen LogP contribution in [0.3, 0.4) is 0 Å². The minimum Gasteiger partial charge on any atom is -0.331 e. The van der Waals surface area contributed by atoms with Crippen LogP contribution in [-0.2, 0) is 19.4 Å². The third-order valence-electron chi connectivity index (χ3n) is 4.92. The number of rotatable bonds is 4. The molecule has 0 aliphatic carbocycles. The molecule has 1 atom stereocenters. The summed E-state index contributed by atoms with van der Waals surface area (Å²) in [6.07, 6.45) is 0.425. The summed E-state index contributed by atoms with van der Waals surface area (Å²) in [5, 5.41) is 3.30. The molecule has 3 rings (SSSR count). The summed E-state index contributed by atoms with van der Waals surface area (Å²) in [6, 6.07) is 7.08. The molecule has 7 nitrogen and oxygen atoms in total. The number of nitrogens with zero attached hydrogens (tertiary/aromatic N) is 1. The predicted octanol–water partition coefficient (Wildman–Crippen LogP) is -0.560. The molecule has 26 heavy (non-hydrogen) atoms. The van der Waals surface area contributed by atoms with Gasteiger partial charge < -0.3 is 15.1 Å². The second-order valence-electron chi connectivity index (χ2n) is 6.88. The number of anilines is 1. The molecular formula is C17H23ClN3O4S+. The fraction of sp³-hybridized carbons (Fsp3) is 0.529. The van der Waals surface area contributed by atoms with Gasteiger partial charge in [0.2, 0.25) is 5.91 Å². The number of quaternary nitrogens is 1. The van der Waals surface area contributed by atoms with Crippen molar-refractivity contribution in [2.24, 2.45) is 5.92 Å². The van der Waals surface area contributed by atoms with Crippen LogP contribution >= 0.6 is 11.6 Å². The van der Waals surface area contributed by atoms with Crippen molar-refractivity contribution in [2.45, 2.75) is 6.42 Å². The zero-order chi connectivity index (χ0) is 18.7. The Balaban J connectivity index is 1.46. The van der Waals surface area contributed by atoms with Crippen LogP contribution in [0.5, 0.6) is 0 Å². The van der Waals surface area contributed by atoms with E-state index in [4.69, 9.17) is 11.6 Å². The lowest BCUT2D eigenvalue weighted by Crippen LogP contribution is -3.15. The van der Waals surface area contributed by atoms with Gasteiger partial charge in [0.25, 0.3) is 5.91 Å². The molecular weight excluding hydrogens is 378 g/mol. The molecule has 0 bridgehead atoms. The second-order valence-corrected chi connectivity index (χ2v) is 9.52. The number of benzene rings is 1. The first-order chi connectivity index (χ1) is 12.3. The summed E-state index contributed by atoms with van der Waals surface area (Å²) in [5.74, 6) is -0.499. The quantitative estimate of drug-likeness (QED) is 0.709. The van der Waals surface area contributed by atoms with E-state index in [-0.39, 0.29) is 23.3 Å². The van der Waals surface area contributed by atoms with Gasteiger partial charge in [-0.05, 0) is 18.6 Å². The molecule has 2 amide bonds. The van der Waals surface area contributed by atoms with Crippen LogP contribution in [0, 0.1) is 5.92 Å². The zero-order valence-electron chi connectivity index (χ0n) is 14.4. The van der Waals surface area contributed by atoms with E-state index in [1.165, 1.54) is 0 Å². The normalized spacial score (nSPS) is 23.0. The fourth-order valence-electron chi connectivity index (χ4n) is 3.45. The summed E-state index contributed by atoms with van der Waals surface area (Å²) >= 11 is 6.04. The highest BCUT2D eigenvalue weighted by Gasteiger charge is 2.37. The van der Waals surface area contributed by atoms with Crippen molar-refractivity contribution in [3.8, 4) is 0 Å². The number of carbonyl (C=O) groups is 2. The zero-order valence-corrected chi connectivity index (χ0v) is 16.0. The number of nitrogens with one attached hydrogen (secondary N) is 2. The Morgan fingerprint density at radius 1 is 1.23 bits per heavy atom. The van der Waals surface area contributed by atoms with Crippen molar-refractivity contribution < 1.29 is 22.9 Å². The molecule has 2 saturated heterocycles. The summed E-state index contributed by atoms with van der Waals surface area (Å²) in [7, 11) is -3.06. The summed E-state index contributed by atoms with van der Waals surface area (Å²) in [4.78, 5) is 27.5. The average molecular weight is 401 g/mol. The Hall–Kier alpha value is -1.64. The van der Waals surface area contributed by atoms with E-state index in [0.717, 1.165) is 4.90 Å². The summed E-state index contributed by atoms with van der Waals surface area (Å²) < 4.78 is 23.1. The van der Waals surface area contributed by atoms with Gasteiger partial charge in [-0.3, -0.25) is 9.59 Å². The number of amides is 2. The molecule has 2 heterocycles. The third kappa shape index (κ3) is 4.75. The van der Waals surface area contributed by atoms with Crippen LogP contribution in [0.4, 0.5) is 5.69 Å². The molecule has 0 unspecified atom stereocenters. The molecule has 0 aromatic heterocycles. The molecule has 0 saturated carbocycles. The minimum atomic E-state index is -3.06. The largest absolute Gasteiger partial charge is 0.331 e. The second kappa shape index (κ2) is 7.94.